The van der Waals surface area contributed by atoms with Gasteiger partial charge in [0.1, 0.15) is 5.78 Å². The molecule has 33 heavy (non-hydrogen) atoms. The number of aliphatic imine (C=N–C) groups is 1. The van der Waals surface area contributed by atoms with Gasteiger partial charge in [-0.2, -0.15) is 5.10 Å². The average Bonchev–Trinajstić information content (AvgIpc) is 2.97. The van der Waals surface area contributed by atoms with E-state index in [0.717, 1.165) is 49.8 Å². The molecule has 0 radical (unpaired) electrons. The number of rotatable bonds is 8. The second-order valence-corrected chi connectivity index (χ2v) is 9.24. The van der Waals surface area contributed by atoms with Crippen LogP contribution in [0, 0.1) is 13.8 Å². The van der Waals surface area contributed by atoms with Crippen molar-refractivity contribution in [2.75, 3.05) is 0 Å². The van der Waals surface area contributed by atoms with Gasteiger partial charge in [-0.15, -0.1) is 0 Å². The maximum atomic E-state index is 13.3. The van der Waals surface area contributed by atoms with Crippen LogP contribution in [0.3, 0.4) is 0 Å². The molecular formula is C29H37N3O. The van der Waals surface area contributed by atoms with Gasteiger partial charge in [-0.05, 0) is 70.7 Å². The van der Waals surface area contributed by atoms with Gasteiger partial charge in [-0.1, -0.05) is 55.2 Å². The first kappa shape index (κ1) is 26.0. The van der Waals surface area contributed by atoms with Gasteiger partial charge in [0.15, 0.2) is 0 Å². The third-order valence-corrected chi connectivity index (χ3v) is 6.03. The Morgan fingerprint density at radius 2 is 1.91 bits per heavy atom. The van der Waals surface area contributed by atoms with Crippen LogP contribution in [0.25, 0.3) is 18.2 Å². The highest BCUT2D eigenvalue weighted by atomic mass is 16.1. The Morgan fingerprint density at radius 1 is 1.24 bits per heavy atom. The van der Waals surface area contributed by atoms with Crippen molar-refractivity contribution < 1.29 is 4.79 Å². The Morgan fingerprint density at radius 3 is 2.42 bits per heavy atom. The standard InChI is InChI=1S/C29H37N3O/c1-11-24(18-30-19(2)3)25-13-15-27(21(5)17-25)29(8,9)28(33)16-20(4)12-14-26-22(6)31-32(10)23(26)7/h11-15,17-18H,2,7,16H2,1,3-6,8-10H3/b20-12+,24-11+,26-14-,30-18-. The molecule has 2 aromatic rings. The Hall–Kier alpha value is -3.27. The lowest BCUT2D eigenvalue weighted by atomic mass is 9.76. The second kappa shape index (κ2) is 10.6. The minimum absolute atomic E-state index is 0.188. The normalized spacial score (nSPS) is 13.8. The highest BCUT2D eigenvalue weighted by molar-refractivity contribution is 6.10. The second-order valence-electron chi connectivity index (χ2n) is 9.24. The maximum Gasteiger partial charge on any atom is 0.146 e. The summed E-state index contributed by atoms with van der Waals surface area (Å²) in [6.07, 6.45) is 8.26. The third-order valence-electron chi connectivity index (χ3n) is 6.03. The predicted octanol–water partition coefficient (Wildman–Crippen LogP) is 5.12. The first-order chi connectivity index (χ1) is 15.4. The Kier molecular flexibility index (Phi) is 8.32. The summed E-state index contributed by atoms with van der Waals surface area (Å²) < 4.78 is 1.77. The summed E-state index contributed by atoms with van der Waals surface area (Å²) in [6.45, 7) is 21.8. The zero-order valence-corrected chi connectivity index (χ0v) is 21.4. The molecule has 0 saturated carbocycles. The van der Waals surface area contributed by atoms with E-state index in [0.29, 0.717) is 6.42 Å². The summed E-state index contributed by atoms with van der Waals surface area (Å²) in [5.41, 5.74) is 6.36. The molecule has 0 spiro atoms. The highest BCUT2D eigenvalue weighted by Crippen LogP contribution is 2.31. The lowest BCUT2D eigenvalue weighted by Gasteiger charge is -2.26. The third kappa shape index (κ3) is 6.16. The van der Waals surface area contributed by atoms with Crippen LogP contribution < -0.4 is 10.6 Å². The Bertz CT molecular complexity index is 1270. The zero-order valence-electron chi connectivity index (χ0n) is 21.4. The fraction of sp³-hybridized carbons (Fsp3) is 0.345. The van der Waals surface area contributed by atoms with Crippen LogP contribution in [0.2, 0.25) is 0 Å². The van der Waals surface area contributed by atoms with Crippen molar-refractivity contribution in [1.29, 1.82) is 0 Å². The number of aryl methyl sites for hydroxylation is 3. The van der Waals surface area contributed by atoms with Crippen molar-refractivity contribution in [3.8, 4) is 0 Å². The van der Waals surface area contributed by atoms with Gasteiger partial charge in [-0.25, -0.2) is 0 Å². The van der Waals surface area contributed by atoms with E-state index in [1.165, 1.54) is 0 Å². The summed E-state index contributed by atoms with van der Waals surface area (Å²) in [5.74, 6) is 0.188. The highest BCUT2D eigenvalue weighted by Gasteiger charge is 2.30. The largest absolute Gasteiger partial charge is 0.298 e. The Balaban J connectivity index is 2.29. The molecule has 0 fully saturated rings. The van der Waals surface area contributed by atoms with Gasteiger partial charge in [-0.3, -0.25) is 14.5 Å². The molecule has 0 N–H and O–H groups in total. The molecule has 4 heteroatoms. The number of benzene rings is 1. The van der Waals surface area contributed by atoms with E-state index in [-0.39, 0.29) is 5.78 Å². The average molecular weight is 444 g/mol. The van der Waals surface area contributed by atoms with E-state index in [1.807, 2.05) is 73.0 Å². The van der Waals surface area contributed by atoms with Crippen LogP contribution in [-0.2, 0) is 17.3 Å². The van der Waals surface area contributed by atoms with Gasteiger partial charge < -0.3 is 0 Å². The SMILES string of the molecule is C=C(C)/N=C\C(=C/C)c1ccc(C(C)(C)C(=O)C/C(C)=C/C=c2/c(C)nn(C)c2=C)c(C)c1. The summed E-state index contributed by atoms with van der Waals surface area (Å²) in [5, 5.41) is 6.27. The molecule has 0 amide bonds. The molecule has 0 aliphatic carbocycles. The number of hydrogen-bond acceptors (Lipinski definition) is 3. The van der Waals surface area contributed by atoms with Gasteiger partial charge in [0.05, 0.1) is 11.0 Å². The molecule has 0 aliphatic rings. The van der Waals surface area contributed by atoms with Crippen LogP contribution in [0.5, 0.6) is 0 Å². The number of Topliss-reactive ketones (excluding diaryl/α,β-unsaturated/α-hetero) is 1. The molecule has 0 atom stereocenters. The van der Waals surface area contributed by atoms with E-state index >= 15 is 0 Å². The van der Waals surface area contributed by atoms with Crippen molar-refractivity contribution >= 4 is 30.2 Å². The van der Waals surface area contributed by atoms with E-state index in [4.69, 9.17) is 0 Å². The monoisotopic (exact) mass is 443 g/mol. The molecule has 2 rings (SSSR count). The van der Waals surface area contributed by atoms with Gasteiger partial charge in [0.25, 0.3) is 0 Å². The maximum absolute atomic E-state index is 13.3. The topological polar surface area (TPSA) is 47.2 Å². The summed E-state index contributed by atoms with van der Waals surface area (Å²) >= 11 is 0. The summed E-state index contributed by atoms with van der Waals surface area (Å²) in [6, 6.07) is 6.26. The van der Waals surface area contributed by atoms with Crippen LogP contribution in [-0.4, -0.2) is 21.8 Å². The molecule has 0 unspecified atom stereocenters. The van der Waals surface area contributed by atoms with Crippen molar-refractivity contribution in [3.63, 3.8) is 0 Å². The van der Waals surface area contributed by atoms with E-state index in [9.17, 15) is 4.79 Å². The van der Waals surface area contributed by atoms with Gasteiger partial charge >= 0.3 is 0 Å². The number of ketones is 1. The quantitative estimate of drug-likeness (QED) is 0.532. The van der Waals surface area contributed by atoms with Crippen LogP contribution in [0.1, 0.15) is 63.4 Å². The molecule has 0 aliphatic heterocycles. The molecule has 1 aromatic heterocycles. The summed E-state index contributed by atoms with van der Waals surface area (Å²) in [4.78, 5) is 17.6. The smallest absolute Gasteiger partial charge is 0.146 e. The number of allylic oxidation sites excluding steroid dienone is 5. The lowest BCUT2D eigenvalue weighted by Crippen LogP contribution is -2.30. The minimum atomic E-state index is -0.596. The molecule has 0 saturated heterocycles. The zero-order chi connectivity index (χ0) is 24.9. The van der Waals surface area contributed by atoms with E-state index < -0.39 is 5.41 Å². The van der Waals surface area contributed by atoms with Gasteiger partial charge in [0, 0.05) is 36.0 Å². The molecular weight excluding hydrogens is 406 g/mol. The molecule has 174 valence electrons. The van der Waals surface area contributed by atoms with E-state index in [1.54, 1.807) is 4.68 Å². The Labute approximate surface area is 198 Å². The van der Waals surface area contributed by atoms with Crippen molar-refractivity contribution in [2.45, 2.75) is 60.3 Å². The lowest BCUT2D eigenvalue weighted by molar-refractivity contribution is -0.122. The summed E-state index contributed by atoms with van der Waals surface area (Å²) in [7, 11) is 1.88. The minimum Gasteiger partial charge on any atom is -0.298 e. The van der Waals surface area contributed by atoms with Crippen LogP contribution in [0.4, 0.5) is 0 Å². The van der Waals surface area contributed by atoms with Crippen LogP contribution in [0.15, 0.2) is 53.2 Å². The number of hydrogen-bond donors (Lipinski definition) is 0. The van der Waals surface area contributed by atoms with Crippen molar-refractivity contribution in [1.82, 2.24) is 9.78 Å². The fourth-order valence-corrected chi connectivity index (χ4v) is 3.89. The number of aromatic nitrogens is 2. The molecule has 4 nitrogen and oxygen atoms in total. The van der Waals surface area contributed by atoms with Crippen LogP contribution >= 0.6 is 0 Å². The first-order valence-corrected chi connectivity index (χ1v) is 11.2. The van der Waals surface area contributed by atoms with E-state index in [2.05, 4.69) is 48.4 Å². The molecule has 0 bridgehead atoms. The fourth-order valence-electron chi connectivity index (χ4n) is 3.89. The molecule has 1 aromatic carbocycles. The number of carbonyl (C=O) groups excluding carboxylic acids is 1. The van der Waals surface area contributed by atoms with Gasteiger partial charge in [0.2, 0.25) is 0 Å². The molecule has 1 heterocycles. The number of carbonyl (C=O) groups is 1. The predicted molar refractivity (Wildman–Crippen MR) is 142 cm³/mol. The number of nitrogens with zero attached hydrogens (tertiary/aromatic N) is 3. The first-order valence-electron chi connectivity index (χ1n) is 11.2. The van der Waals surface area contributed by atoms with Crippen molar-refractivity contribution in [3.05, 3.63) is 81.2 Å². The van der Waals surface area contributed by atoms with Crippen molar-refractivity contribution in [2.24, 2.45) is 12.0 Å².